The fourth-order valence-electron chi connectivity index (χ4n) is 11.5. The van der Waals surface area contributed by atoms with Gasteiger partial charge in [-0.25, -0.2) is 9.98 Å². The number of hydrogen-bond acceptors (Lipinski definition) is 6. The first-order chi connectivity index (χ1) is 33.7. The molecule has 5 aliphatic carbocycles. The summed E-state index contributed by atoms with van der Waals surface area (Å²) in [6, 6.07) is 45.2. The van der Waals surface area contributed by atoms with E-state index in [1.165, 1.54) is 50.4 Å². The van der Waals surface area contributed by atoms with Crippen LogP contribution in [0.15, 0.2) is 214 Å². The molecule has 0 saturated carbocycles. The van der Waals surface area contributed by atoms with Crippen molar-refractivity contribution in [3.8, 4) is 0 Å². The summed E-state index contributed by atoms with van der Waals surface area (Å²) < 4.78 is 6.90. The molecule has 4 heterocycles. The van der Waals surface area contributed by atoms with Gasteiger partial charge in [0.25, 0.3) is 0 Å². The van der Waals surface area contributed by atoms with E-state index in [0.717, 1.165) is 95.8 Å². The van der Waals surface area contributed by atoms with Crippen LogP contribution in [0.2, 0.25) is 0 Å². The van der Waals surface area contributed by atoms with Crippen molar-refractivity contribution < 1.29 is 4.42 Å². The Morgan fingerprint density at radius 2 is 1.40 bits per heavy atom. The molecule has 330 valence electrons. The third-order valence-corrected chi connectivity index (χ3v) is 14.7. The molecule has 4 unspecified atom stereocenters. The van der Waals surface area contributed by atoms with Crippen LogP contribution in [0.4, 0.5) is 0 Å². The first-order valence-corrected chi connectivity index (χ1v) is 24.4. The quantitative estimate of drug-likeness (QED) is 0.165. The van der Waals surface area contributed by atoms with Crippen LogP contribution >= 0.6 is 0 Å². The molecule has 0 saturated heterocycles. The highest BCUT2D eigenvalue weighted by molar-refractivity contribution is 6.15. The number of nitrogens with one attached hydrogen (secondary N) is 1. The highest BCUT2D eigenvalue weighted by Crippen LogP contribution is 2.55. The van der Waals surface area contributed by atoms with Crippen molar-refractivity contribution in [1.29, 1.82) is 0 Å². The maximum atomic E-state index is 6.90. The molecule has 0 bridgehead atoms. The molecule has 2 aliphatic heterocycles. The highest BCUT2D eigenvalue weighted by Gasteiger charge is 2.44. The summed E-state index contributed by atoms with van der Waals surface area (Å²) in [5.74, 6) is 4.20. The molecular weight excluding hydrogens is 831 g/mol. The number of nitrogens with zero attached hydrogens (tertiary/aromatic N) is 4. The van der Waals surface area contributed by atoms with Gasteiger partial charge >= 0.3 is 0 Å². The minimum Gasteiger partial charge on any atom is -0.465 e. The Morgan fingerprint density at radius 1 is 0.662 bits per heavy atom. The molecule has 1 N–H and O–H groups in total. The average Bonchev–Trinajstić information content (AvgIpc) is 3.97. The fraction of sp³-hybridized carbons (Fsp3) is 0.177. The average molecular weight is 882 g/mol. The van der Waals surface area contributed by atoms with Gasteiger partial charge in [0.2, 0.25) is 0 Å². The lowest BCUT2D eigenvalue weighted by atomic mass is 9.80. The minimum absolute atomic E-state index is 0.206. The van der Waals surface area contributed by atoms with Crippen molar-refractivity contribution in [1.82, 2.24) is 15.2 Å². The summed E-state index contributed by atoms with van der Waals surface area (Å²) in [6.45, 7) is 0. The topological polar surface area (TPSA) is 66.0 Å². The number of hydrogen-bond donors (Lipinski definition) is 1. The normalized spacial score (nSPS) is 22.4. The zero-order chi connectivity index (χ0) is 45.0. The van der Waals surface area contributed by atoms with E-state index in [0.29, 0.717) is 17.8 Å². The molecule has 0 fully saturated rings. The van der Waals surface area contributed by atoms with Gasteiger partial charge in [0.1, 0.15) is 23.5 Å². The Bertz CT molecular complexity index is 3290. The summed E-state index contributed by atoms with van der Waals surface area (Å²) in [5.41, 5.74) is 18.1. The number of furan rings is 1. The number of fused-ring (bicyclic) bond motifs is 6. The number of rotatable bonds is 8. The molecular formula is C62H51N5O. The Labute approximate surface area is 398 Å². The Kier molecular flexibility index (Phi) is 10.2. The molecule has 6 aromatic rings. The number of aryl methyl sites for hydroxylation is 2. The third-order valence-electron chi connectivity index (χ3n) is 14.7. The molecule has 4 aromatic carbocycles. The van der Waals surface area contributed by atoms with E-state index in [2.05, 4.69) is 199 Å². The Balaban J connectivity index is 0.977. The molecule has 6 heteroatoms. The smallest absolute Gasteiger partial charge is 0.159 e. The van der Waals surface area contributed by atoms with Crippen LogP contribution < -0.4 is 5.32 Å². The molecule has 0 spiro atoms. The monoisotopic (exact) mass is 881 g/mol. The fourth-order valence-corrected chi connectivity index (χ4v) is 11.5. The van der Waals surface area contributed by atoms with Crippen LogP contribution in [0.5, 0.6) is 0 Å². The minimum atomic E-state index is -0.346. The molecule has 6 nitrogen and oxygen atoms in total. The summed E-state index contributed by atoms with van der Waals surface area (Å²) in [7, 11) is 0. The SMILES string of the molecule is C1=CCC2C(=C1)N(C1C=CC=CC1)C1=C2c2c(oc3c2C=C(c2ncc(C4=CC(c5ccccc5)CC(c5ccccc5)=C4)cc2C2=NC(c4ccccc4)=NC(c4ccccc4)N2)CC3)CC1. The predicted octanol–water partition coefficient (Wildman–Crippen LogP) is 13.6. The molecule has 7 aliphatic rings. The van der Waals surface area contributed by atoms with E-state index < -0.39 is 0 Å². The van der Waals surface area contributed by atoms with Crippen LogP contribution in [0.1, 0.15) is 106 Å². The maximum absolute atomic E-state index is 6.90. The van der Waals surface area contributed by atoms with Crippen molar-refractivity contribution >= 4 is 40.0 Å². The number of aliphatic imine (C=N–C) groups is 2. The van der Waals surface area contributed by atoms with Gasteiger partial charge in [-0.15, -0.1) is 0 Å². The van der Waals surface area contributed by atoms with E-state index in [1.54, 1.807) is 0 Å². The second-order valence-corrected chi connectivity index (χ2v) is 18.8. The van der Waals surface area contributed by atoms with Crippen LogP contribution in [-0.2, 0) is 12.8 Å². The maximum Gasteiger partial charge on any atom is 0.159 e. The van der Waals surface area contributed by atoms with Crippen LogP contribution in [0, 0.1) is 5.92 Å². The van der Waals surface area contributed by atoms with Gasteiger partial charge in [0, 0.05) is 70.1 Å². The second-order valence-electron chi connectivity index (χ2n) is 18.8. The summed E-state index contributed by atoms with van der Waals surface area (Å²) >= 11 is 0. The van der Waals surface area contributed by atoms with E-state index in [1.807, 2.05) is 6.07 Å². The van der Waals surface area contributed by atoms with Gasteiger partial charge in [0.15, 0.2) is 5.84 Å². The van der Waals surface area contributed by atoms with Crippen molar-refractivity contribution in [3.05, 3.63) is 261 Å². The zero-order valence-corrected chi connectivity index (χ0v) is 37.9. The predicted molar refractivity (Wildman–Crippen MR) is 276 cm³/mol. The number of pyridine rings is 1. The Morgan fingerprint density at radius 3 is 2.18 bits per heavy atom. The third kappa shape index (κ3) is 7.23. The van der Waals surface area contributed by atoms with Gasteiger partial charge in [0.05, 0.1) is 11.7 Å². The lowest BCUT2D eigenvalue weighted by Gasteiger charge is -2.34. The number of allylic oxidation sites excluding steroid dienone is 12. The van der Waals surface area contributed by atoms with Crippen molar-refractivity contribution in [2.24, 2.45) is 15.9 Å². The lowest BCUT2D eigenvalue weighted by molar-refractivity contribution is 0.344. The van der Waals surface area contributed by atoms with Gasteiger partial charge in [-0.1, -0.05) is 170 Å². The summed E-state index contributed by atoms with van der Waals surface area (Å²) in [5, 5.41) is 3.83. The first kappa shape index (κ1) is 40.4. The van der Waals surface area contributed by atoms with Crippen molar-refractivity contribution in [2.75, 3.05) is 0 Å². The van der Waals surface area contributed by atoms with Crippen molar-refractivity contribution in [3.63, 3.8) is 0 Å². The molecule has 0 amide bonds. The van der Waals surface area contributed by atoms with Gasteiger partial charge in [-0.2, -0.15) is 0 Å². The van der Waals surface area contributed by atoms with Crippen LogP contribution in [0.25, 0.3) is 28.4 Å². The van der Waals surface area contributed by atoms with Crippen LogP contribution in [-0.4, -0.2) is 27.6 Å². The summed E-state index contributed by atoms with van der Waals surface area (Å²) in [6.07, 6.45) is 31.4. The van der Waals surface area contributed by atoms with E-state index in [-0.39, 0.29) is 12.1 Å². The number of benzene rings is 4. The molecule has 4 atom stereocenters. The van der Waals surface area contributed by atoms with Gasteiger partial charge in [-0.05, 0) is 89.3 Å². The molecule has 2 aromatic heterocycles. The van der Waals surface area contributed by atoms with E-state index in [4.69, 9.17) is 19.4 Å². The second kappa shape index (κ2) is 17.1. The first-order valence-electron chi connectivity index (χ1n) is 24.4. The van der Waals surface area contributed by atoms with E-state index >= 15 is 0 Å². The van der Waals surface area contributed by atoms with E-state index in [9.17, 15) is 0 Å². The van der Waals surface area contributed by atoms with Gasteiger partial charge in [-0.3, -0.25) is 4.98 Å². The molecule has 13 rings (SSSR count). The summed E-state index contributed by atoms with van der Waals surface area (Å²) in [4.78, 5) is 18.8. The van der Waals surface area contributed by atoms with Crippen LogP contribution in [0.3, 0.4) is 0 Å². The van der Waals surface area contributed by atoms with Gasteiger partial charge < -0.3 is 14.6 Å². The zero-order valence-electron chi connectivity index (χ0n) is 37.9. The number of aromatic nitrogens is 1. The molecule has 68 heavy (non-hydrogen) atoms. The number of amidine groups is 2. The largest absolute Gasteiger partial charge is 0.465 e. The lowest BCUT2D eigenvalue weighted by Crippen LogP contribution is -2.34. The van der Waals surface area contributed by atoms with Crippen molar-refractivity contribution in [2.45, 2.75) is 63.1 Å². The Hall–Kier alpha value is -7.83. The highest BCUT2D eigenvalue weighted by atomic mass is 16.3. The molecule has 0 radical (unpaired) electrons. The standard InChI is InChI=1S/C62H51N5O/c1-6-18-40(19-7-1)45-34-46(41-20-8-2-9-21-41)36-47(35-45)48-38-52(62-65-60(42-22-10-3-11-23-42)64-61(66-62)43-24-12-4-13-25-43)59(63-39-48)44-30-32-55-51(37-44)58-56(68-55)33-31-54-57(58)50-28-16-17-29-53(50)67(54)49-26-14-5-15-27-49/h1-26,29,35-39,45,49-50,60H,27-28,30-34H2,(H,64,65,66).